The standard InChI is InChI=1S/C12H21F3N2/c13-12(14,15)9-2-1-7-17(8-9)11-5-3-10(16)4-6-11/h9-11H,1-8,16H2. The lowest BCUT2D eigenvalue weighted by atomic mass is 9.88. The Morgan fingerprint density at radius 1 is 1.00 bits per heavy atom. The molecule has 0 aromatic heterocycles. The van der Waals surface area contributed by atoms with Crippen LogP contribution in [-0.2, 0) is 0 Å². The molecular formula is C12H21F3N2. The van der Waals surface area contributed by atoms with E-state index in [4.69, 9.17) is 5.73 Å². The Balaban J connectivity index is 1.89. The molecule has 0 amide bonds. The molecule has 2 nitrogen and oxygen atoms in total. The van der Waals surface area contributed by atoms with Gasteiger partial charge in [-0.05, 0) is 45.1 Å². The number of halogens is 3. The molecule has 100 valence electrons. The van der Waals surface area contributed by atoms with E-state index in [1.165, 1.54) is 0 Å². The maximum absolute atomic E-state index is 12.7. The molecule has 0 bridgehead atoms. The molecule has 0 spiro atoms. The lowest BCUT2D eigenvalue weighted by Crippen LogP contribution is -2.48. The molecular weight excluding hydrogens is 229 g/mol. The summed E-state index contributed by atoms with van der Waals surface area (Å²) < 4.78 is 38.1. The van der Waals surface area contributed by atoms with Crippen LogP contribution in [0.25, 0.3) is 0 Å². The van der Waals surface area contributed by atoms with Gasteiger partial charge in [0.2, 0.25) is 0 Å². The summed E-state index contributed by atoms with van der Waals surface area (Å²) in [6.45, 7) is 1.02. The molecule has 2 rings (SSSR count). The highest BCUT2D eigenvalue weighted by molar-refractivity contribution is 4.86. The van der Waals surface area contributed by atoms with Crippen LogP contribution in [-0.4, -0.2) is 36.2 Å². The van der Waals surface area contributed by atoms with Crippen molar-refractivity contribution in [3.8, 4) is 0 Å². The first kappa shape index (κ1) is 13.1. The van der Waals surface area contributed by atoms with Crippen molar-refractivity contribution >= 4 is 0 Å². The molecule has 5 heteroatoms. The fourth-order valence-electron chi connectivity index (χ4n) is 3.07. The monoisotopic (exact) mass is 250 g/mol. The Bertz CT molecular complexity index is 247. The molecule has 1 saturated carbocycles. The second kappa shape index (κ2) is 5.14. The van der Waals surface area contributed by atoms with Crippen molar-refractivity contribution in [2.24, 2.45) is 11.7 Å². The van der Waals surface area contributed by atoms with E-state index in [-0.39, 0.29) is 12.6 Å². The number of alkyl halides is 3. The molecule has 2 fully saturated rings. The van der Waals surface area contributed by atoms with Crippen molar-refractivity contribution in [1.82, 2.24) is 4.90 Å². The third kappa shape index (κ3) is 3.35. The van der Waals surface area contributed by atoms with E-state index in [0.717, 1.165) is 32.2 Å². The second-order valence-corrected chi connectivity index (χ2v) is 5.44. The lowest BCUT2D eigenvalue weighted by molar-refractivity contribution is -0.189. The van der Waals surface area contributed by atoms with E-state index < -0.39 is 12.1 Å². The number of likely N-dealkylation sites (tertiary alicyclic amines) is 1. The van der Waals surface area contributed by atoms with Gasteiger partial charge in [0, 0.05) is 18.6 Å². The Hall–Kier alpha value is -0.290. The average molecular weight is 250 g/mol. The van der Waals surface area contributed by atoms with Gasteiger partial charge in [-0.2, -0.15) is 13.2 Å². The van der Waals surface area contributed by atoms with Gasteiger partial charge in [0.15, 0.2) is 0 Å². The fourth-order valence-corrected chi connectivity index (χ4v) is 3.07. The van der Waals surface area contributed by atoms with Crippen LogP contribution in [0.15, 0.2) is 0 Å². The van der Waals surface area contributed by atoms with Gasteiger partial charge < -0.3 is 5.73 Å². The summed E-state index contributed by atoms with van der Waals surface area (Å²) in [6.07, 6.45) is 0.788. The molecule has 0 radical (unpaired) electrons. The molecule has 1 saturated heterocycles. The molecule has 1 heterocycles. The summed E-state index contributed by atoms with van der Waals surface area (Å²) in [6, 6.07) is 0.592. The lowest BCUT2D eigenvalue weighted by Gasteiger charge is -2.41. The minimum absolute atomic E-state index is 0.198. The summed E-state index contributed by atoms with van der Waals surface area (Å²) >= 11 is 0. The minimum Gasteiger partial charge on any atom is -0.328 e. The van der Waals surface area contributed by atoms with Crippen molar-refractivity contribution in [3.63, 3.8) is 0 Å². The van der Waals surface area contributed by atoms with Crippen LogP contribution in [0.3, 0.4) is 0 Å². The topological polar surface area (TPSA) is 29.3 Å². The predicted octanol–water partition coefficient (Wildman–Crippen LogP) is 2.53. The zero-order valence-corrected chi connectivity index (χ0v) is 10.0. The number of piperidine rings is 1. The van der Waals surface area contributed by atoms with E-state index in [0.29, 0.717) is 18.9 Å². The molecule has 1 aliphatic heterocycles. The first-order valence-corrected chi connectivity index (χ1v) is 6.53. The zero-order chi connectivity index (χ0) is 12.5. The van der Waals surface area contributed by atoms with Crippen molar-refractivity contribution in [1.29, 1.82) is 0 Å². The smallest absolute Gasteiger partial charge is 0.328 e. The summed E-state index contributed by atoms with van der Waals surface area (Å²) in [4.78, 5) is 2.05. The Morgan fingerprint density at radius 2 is 1.65 bits per heavy atom. The second-order valence-electron chi connectivity index (χ2n) is 5.44. The average Bonchev–Trinajstić information content (AvgIpc) is 2.29. The van der Waals surface area contributed by atoms with Crippen molar-refractivity contribution in [2.75, 3.05) is 13.1 Å². The van der Waals surface area contributed by atoms with Gasteiger partial charge in [0.25, 0.3) is 0 Å². The first-order chi connectivity index (χ1) is 7.97. The summed E-state index contributed by atoms with van der Waals surface area (Å²) in [7, 11) is 0. The third-order valence-corrected chi connectivity index (χ3v) is 4.17. The van der Waals surface area contributed by atoms with Crippen LogP contribution in [0.5, 0.6) is 0 Å². The van der Waals surface area contributed by atoms with Crippen LogP contribution in [0, 0.1) is 5.92 Å². The van der Waals surface area contributed by atoms with Crippen molar-refractivity contribution < 1.29 is 13.2 Å². The minimum atomic E-state index is -4.02. The van der Waals surface area contributed by atoms with Crippen LogP contribution in [0.1, 0.15) is 38.5 Å². The van der Waals surface area contributed by atoms with Crippen LogP contribution in [0.2, 0.25) is 0 Å². The molecule has 0 aromatic rings. The fraction of sp³-hybridized carbons (Fsp3) is 1.00. The van der Waals surface area contributed by atoms with Gasteiger partial charge in [-0.1, -0.05) is 0 Å². The molecule has 2 N–H and O–H groups in total. The number of nitrogens with two attached hydrogens (primary N) is 1. The van der Waals surface area contributed by atoms with Gasteiger partial charge in [0.1, 0.15) is 0 Å². The molecule has 17 heavy (non-hydrogen) atoms. The predicted molar refractivity (Wildman–Crippen MR) is 60.6 cm³/mol. The van der Waals surface area contributed by atoms with E-state index >= 15 is 0 Å². The Labute approximate surface area is 100 Å². The summed E-state index contributed by atoms with van der Waals surface area (Å²) in [5.41, 5.74) is 5.82. The molecule has 1 unspecified atom stereocenters. The van der Waals surface area contributed by atoms with Gasteiger partial charge in [0.05, 0.1) is 5.92 Å². The molecule has 0 aromatic carbocycles. The van der Waals surface area contributed by atoms with Gasteiger partial charge in [-0.25, -0.2) is 0 Å². The number of hydrogen-bond donors (Lipinski definition) is 1. The maximum Gasteiger partial charge on any atom is 0.393 e. The normalized spacial score (nSPS) is 37.1. The van der Waals surface area contributed by atoms with Crippen LogP contribution < -0.4 is 5.73 Å². The van der Waals surface area contributed by atoms with Gasteiger partial charge >= 0.3 is 6.18 Å². The Kier molecular flexibility index (Phi) is 3.98. The SMILES string of the molecule is NC1CCC(N2CCCC(C(F)(F)F)C2)CC1. The number of rotatable bonds is 1. The third-order valence-electron chi connectivity index (χ3n) is 4.17. The van der Waals surface area contributed by atoms with Crippen LogP contribution in [0.4, 0.5) is 13.2 Å². The first-order valence-electron chi connectivity index (χ1n) is 6.53. The van der Waals surface area contributed by atoms with Crippen LogP contribution >= 0.6 is 0 Å². The van der Waals surface area contributed by atoms with Gasteiger partial charge in [-0.3, -0.25) is 4.90 Å². The van der Waals surface area contributed by atoms with E-state index in [1.54, 1.807) is 0 Å². The molecule has 1 atom stereocenters. The summed E-state index contributed by atoms with van der Waals surface area (Å²) in [5.74, 6) is -1.12. The quantitative estimate of drug-likeness (QED) is 0.775. The largest absolute Gasteiger partial charge is 0.393 e. The van der Waals surface area contributed by atoms with Gasteiger partial charge in [-0.15, -0.1) is 0 Å². The van der Waals surface area contributed by atoms with Crippen molar-refractivity contribution in [3.05, 3.63) is 0 Å². The van der Waals surface area contributed by atoms with E-state index in [1.807, 2.05) is 4.90 Å². The highest BCUT2D eigenvalue weighted by Gasteiger charge is 2.43. The zero-order valence-electron chi connectivity index (χ0n) is 10.0. The summed E-state index contributed by atoms with van der Waals surface area (Å²) in [5, 5.41) is 0. The Morgan fingerprint density at radius 3 is 2.24 bits per heavy atom. The van der Waals surface area contributed by atoms with E-state index in [9.17, 15) is 13.2 Å². The number of hydrogen-bond acceptors (Lipinski definition) is 2. The number of nitrogens with zero attached hydrogens (tertiary/aromatic N) is 1. The highest BCUT2D eigenvalue weighted by Crippen LogP contribution is 2.35. The molecule has 1 aliphatic carbocycles. The van der Waals surface area contributed by atoms with E-state index in [2.05, 4.69) is 0 Å². The van der Waals surface area contributed by atoms with Crippen molar-refractivity contribution in [2.45, 2.75) is 56.8 Å². The molecule has 2 aliphatic rings. The maximum atomic E-state index is 12.7. The highest BCUT2D eigenvalue weighted by atomic mass is 19.4.